The van der Waals surface area contributed by atoms with Crippen LogP contribution in [0.25, 0.3) is 0 Å². The van der Waals surface area contributed by atoms with E-state index in [0.29, 0.717) is 12.5 Å². The fourth-order valence-corrected chi connectivity index (χ4v) is 1.02. The van der Waals surface area contributed by atoms with Crippen LogP contribution in [-0.4, -0.2) is 12.7 Å². The van der Waals surface area contributed by atoms with E-state index in [1.165, 1.54) is 0 Å². The molecule has 1 nitrogen and oxygen atoms in total. The normalized spacial score (nSPS) is 13.0. The maximum atomic E-state index is 5.55. The van der Waals surface area contributed by atoms with Gasteiger partial charge in [0.2, 0.25) is 0 Å². The van der Waals surface area contributed by atoms with E-state index in [-0.39, 0.29) is 6.10 Å². The predicted octanol–water partition coefficient (Wildman–Crippen LogP) is 3.18. The van der Waals surface area contributed by atoms with Crippen LogP contribution in [0.15, 0.2) is 24.8 Å². The standard InChI is InChI=1S/C11H20O/c1-6-7-12-11(10(4)5)8-9(2)3/h6,9,11H,1,4,7-8H2,2-3,5H3. The molecule has 0 aromatic carbocycles. The second kappa shape index (κ2) is 6.01. The summed E-state index contributed by atoms with van der Waals surface area (Å²) in [6.07, 6.45) is 3.02. The van der Waals surface area contributed by atoms with Crippen LogP contribution < -0.4 is 0 Å². The van der Waals surface area contributed by atoms with Gasteiger partial charge in [0.15, 0.2) is 0 Å². The monoisotopic (exact) mass is 168 g/mol. The molecule has 12 heavy (non-hydrogen) atoms. The molecule has 0 fully saturated rings. The lowest BCUT2D eigenvalue weighted by Gasteiger charge is -2.18. The van der Waals surface area contributed by atoms with Crippen LogP contribution >= 0.6 is 0 Å². The van der Waals surface area contributed by atoms with Crippen LogP contribution in [0, 0.1) is 5.92 Å². The Hall–Kier alpha value is -0.560. The van der Waals surface area contributed by atoms with Gasteiger partial charge in [0, 0.05) is 0 Å². The van der Waals surface area contributed by atoms with Gasteiger partial charge >= 0.3 is 0 Å². The maximum absolute atomic E-state index is 5.55. The van der Waals surface area contributed by atoms with E-state index in [2.05, 4.69) is 27.0 Å². The van der Waals surface area contributed by atoms with E-state index < -0.39 is 0 Å². The van der Waals surface area contributed by atoms with Crippen LogP contribution in [-0.2, 0) is 4.74 Å². The molecule has 0 spiro atoms. The smallest absolute Gasteiger partial charge is 0.0786 e. The van der Waals surface area contributed by atoms with Crippen molar-refractivity contribution >= 4 is 0 Å². The molecule has 0 aliphatic rings. The van der Waals surface area contributed by atoms with Gasteiger partial charge in [-0.1, -0.05) is 32.1 Å². The molecular formula is C11H20O. The van der Waals surface area contributed by atoms with Gasteiger partial charge in [-0.3, -0.25) is 0 Å². The second-order valence-electron chi connectivity index (χ2n) is 3.59. The van der Waals surface area contributed by atoms with E-state index in [9.17, 15) is 0 Å². The summed E-state index contributed by atoms with van der Waals surface area (Å²) >= 11 is 0. The van der Waals surface area contributed by atoms with Crippen molar-refractivity contribution in [2.45, 2.75) is 33.3 Å². The number of hydrogen-bond donors (Lipinski definition) is 0. The Morgan fingerprint density at radius 1 is 1.50 bits per heavy atom. The first-order chi connectivity index (χ1) is 5.57. The minimum absolute atomic E-state index is 0.197. The van der Waals surface area contributed by atoms with Gasteiger partial charge in [-0.05, 0) is 19.3 Å². The summed E-state index contributed by atoms with van der Waals surface area (Å²) in [6, 6.07) is 0. The molecule has 70 valence electrons. The van der Waals surface area contributed by atoms with Crippen molar-refractivity contribution in [1.82, 2.24) is 0 Å². The molecule has 0 rings (SSSR count). The van der Waals surface area contributed by atoms with Crippen LogP contribution in [0.5, 0.6) is 0 Å². The van der Waals surface area contributed by atoms with E-state index in [1.807, 2.05) is 6.92 Å². The molecule has 1 heteroatoms. The van der Waals surface area contributed by atoms with Gasteiger partial charge < -0.3 is 4.74 Å². The SMILES string of the molecule is C=CCOC(CC(C)C)C(=C)C. The lowest BCUT2D eigenvalue weighted by atomic mass is 10.0. The van der Waals surface area contributed by atoms with Crippen molar-refractivity contribution in [1.29, 1.82) is 0 Å². The van der Waals surface area contributed by atoms with Gasteiger partial charge in [0.1, 0.15) is 0 Å². The zero-order valence-electron chi connectivity index (χ0n) is 8.47. The largest absolute Gasteiger partial charge is 0.370 e. The van der Waals surface area contributed by atoms with Gasteiger partial charge in [0.25, 0.3) is 0 Å². The van der Waals surface area contributed by atoms with Crippen LogP contribution in [0.2, 0.25) is 0 Å². The first-order valence-electron chi connectivity index (χ1n) is 4.45. The summed E-state index contributed by atoms with van der Waals surface area (Å²) in [6.45, 7) is 14.5. The molecule has 0 aromatic rings. The quantitative estimate of drug-likeness (QED) is 0.553. The molecule has 0 saturated heterocycles. The summed E-state index contributed by atoms with van der Waals surface area (Å²) < 4.78 is 5.55. The highest BCUT2D eigenvalue weighted by molar-refractivity contribution is 4.98. The van der Waals surface area contributed by atoms with E-state index in [0.717, 1.165) is 12.0 Å². The van der Waals surface area contributed by atoms with E-state index in [4.69, 9.17) is 4.74 Å². The highest BCUT2D eigenvalue weighted by atomic mass is 16.5. The van der Waals surface area contributed by atoms with Gasteiger partial charge in [-0.25, -0.2) is 0 Å². The predicted molar refractivity (Wildman–Crippen MR) is 54.2 cm³/mol. The van der Waals surface area contributed by atoms with E-state index in [1.54, 1.807) is 6.08 Å². The molecule has 0 radical (unpaired) electrons. The summed E-state index contributed by atoms with van der Waals surface area (Å²) in [5.74, 6) is 0.650. The summed E-state index contributed by atoms with van der Waals surface area (Å²) in [5, 5.41) is 0. The molecule has 0 bridgehead atoms. The minimum atomic E-state index is 0.197. The first kappa shape index (κ1) is 11.4. The molecule has 0 aromatic heterocycles. The average Bonchev–Trinajstić information content (AvgIpc) is 1.96. The fraction of sp³-hybridized carbons (Fsp3) is 0.636. The third kappa shape index (κ3) is 5.14. The topological polar surface area (TPSA) is 9.23 Å². The minimum Gasteiger partial charge on any atom is -0.370 e. The highest BCUT2D eigenvalue weighted by Crippen LogP contribution is 2.14. The Bertz CT molecular complexity index is 147. The van der Waals surface area contributed by atoms with Crippen LogP contribution in [0.1, 0.15) is 27.2 Å². The summed E-state index contributed by atoms with van der Waals surface area (Å²) in [7, 11) is 0. The molecule has 0 amide bonds. The lowest BCUT2D eigenvalue weighted by molar-refractivity contribution is 0.0851. The van der Waals surface area contributed by atoms with Gasteiger partial charge in [-0.2, -0.15) is 0 Å². The molecular weight excluding hydrogens is 148 g/mol. The zero-order chi connectivity index (χ0) is 9.56. The molecule has 0 N–H and O–H groups in total. The van der Waals surface area contributed by atoms with Crippen LogP contribution in [0.4, 0.5) is 0 Å². The first-order valence-corrected chi connectivity index (χ1v) is 4.45. The third-order valence-corrected chi connectivity index (χ3v) is 1.65. The Morgan fingerprint density at radius 2 is 2.08 bits per heavy atom. The van der Waals surface area contributed by atoms with E-state index >= 15 is 0 Å². The van der Waals surface area contributed by atoms with Crippen molar-refractivity contribution in [3.8, 4) is 0 Å². The molecule has 1 unspecified atom stereocenters. The fourth-order valence-electron chi connectivity index (χ4n) is 1.02. The lowest BCUT2D eigenvalue weighted by Crippen LogP contribution is -2.16. The molecule has 0 saturated carbocycles. The molecule has 0 aliphatic heterocycles. The molecule has 1 atom stereocenters. The number of hydrogen-bond acceptors (Lipinski definition) is 1. The zero-order valence-corrected chi connectivity index (χ0v) is 8.47. The van der Waals surface area contributed by atoms with Crippen molar-refractivity contribution < 1.29 is 4.74 Å². The van der Waals surface area contributed by atoms with Crippen LogP contribution in [0.3, 0.4) is 0 Å². The van der Waals surface area contributed by atoms with Gasteiger partial charge in [-0.15, -0.1) is 6.58 Å². The molecule has 0 aliphatic carbocycles. The highest BCUT2D eigenvalue weighted by Gasteiger charge is 2.10. The van der Waals surface area contributed by atoms with Crippen molar-refractivity contribution in [2.24, 2.45) is 5.92 Å². The Labute approximate surface area is 76.1 Å². The van der Waals surface area contributed by atoms with Gasteiger partial charge in [0.05, 0.1) is 12.7 Å². The second-order valence-corrected chi connectivity index (χ2v) is 3.59. The third-order valence-electron chi connectivity index (χ3n) is 1.65. The Kier molecular flexibility index (Phi) is 5.73. The summed E-state index contributed by atoms with van der Waals surface area (Å²) in [4.78, 5) is 0. The molecule has 0 heterocycles. The Morgan fingerprint density at radius 3 is 2.42 bits per heavy atom. The summed E-state index contributed by atoms with van der Waals surface area (Å²) in [5.41, 5.74) is 1.10. The maximum Gasteiger partial charge on any atom is 0.0786 e. The van der Waals surface area contributed by atoms with Crippen molar-refractivity contribution in [2.75, 3.05) is 6.61 Å². The van der Waals surface area contributed by atoms with Crippen molar-refractivity contribution in [3.63, 3.8) is 0 Å². The Balaban J connectivity index is 3.86. The van der Waals surface area contributed by atoms with Crippen molar-refractivity contribution in [3.05, 3.63) is 24.8 Å². The number of rotatable bonds is 6. The number of ether oxygens (including phenoxy) is 1. The average molecular weight is 168 g/mol.